The molecule has 1 aliphatic carbocycles. The Bertz CT molecular complexity index is 570. The number of halogens is 1. The zero-order chi connectivity index (χ0) is 13.9. The quantitative estimate of drug-likeness (QED) is 0.934. The van der Waals surface area contributed by atoms with Gasteiger partial charge in [0.1, 0.15) is 0 Å². The van der Waals surface area contributed by atoms with Crippen LogP contribution in [0.1, 0.15) is 31.0 Å². The van der Waals surface area contributed by atoms with Crippen molar-refractivity contribution in [1.82, 2.24) is 20.2 Å². The molecule has 106 valence electrons. The Balaban J connectivity index is 1.53. The fraction of sp³-hybridized carbons (Fsp3) is 0.538. The molecule has 6 nitrogen and oxygen atoms in total. The Kier molecular flexibility index (Phi) is 3.82. The fourth-order valence-corrected chi connectivity index (χ4v) is 2.73. The van der Waals surface area contributed by atoms with Crippen LogP contribution in [0.15, 0.2) is 16.8 Å². The number of hydrogen-bond donors (Lipinski definition) is 1. The SMILES string of the molecule is Cc1nnc(C[C@@H]2CC[C@H](Nc3ncc(Cl)cn3)C2)o1. The van der Waals surface area contributed by atoms with Gasteiger partial charge >= 0.3 is 0 Å². The van der Waals surface area contributed by atoms with Gasteiger partial charge in [-0.15, -0.1) is 10.2 Å². The molecule has 0 unspecified atom stereocenters. The molecule has 2 aromatic rings. The van der Waals surface area contributed by atoms with E-state index in [9.17, 15) is 0 Å². The monoisotopic (exact) mass is 293 g/mol. The molecule has 7 heteroatoms. The molecule has 1 saturated carbocycles. The minimum atomic E-state index is 0.394. The molecule has 1 fully saturated rings. The predicted molar refractivity (Wildman–Crippen MR) is 74.5 cm³/mol. The molecule has 1 aliphatic rings. The smallest absolute Gasteiger partial charge is 0.222 e. The highest BCUT2D eigenvalue weighted by Crippen LogP contribution is 2.29. The van der Waals surface area contributed by atoms with Gasteiger partial charge in [-0.05, 0) is 25.2 Å². The van der Waals surface area contributed by atoms with Crippen molar-refractivity contribution < 1.29 is 4.42 Å². The lowest BCUT2D eigenvalue weighted by Crippen LogP contribution is -2.17. The second-order valence-electron chi connectivity index (χ2n) is 5.16. The van der Waals surface area contributed by atoms with Crippen molar-refractivity contribution in [2.45, 2.75) is 38.6 Å². The molecule has 0 amide bonds. The second kappa shape index (κ2) is 5.75. The molecule has 0 aromatic carbocycles. The molecule has 0 saturated heterocycles. The summed E-state index contributed by atoms with van der Waals surface area (Å²) in [5.41, 5.74) is 0. The summed E-state index contributed by atoms with van der Waals surface area (Å²) in [6, 6.07) is 0.394. The van der Waals surface area contributed by atoms with E-state index in [1.165, 1.54) is 0 Å². The van der Waals surface area contributed by atoms with Crippen LogP contribution in [0.3, 0.4) is 0 Å². The standard InChI is InChI=1S/C13H16ClN5O/c1-8-18-19-12(20-8)5-9-2-3-11(4-9)17-13-15-6-10(14)7-16-13/h6-7,9,11H,2-5H2,1H3,(H,15,16,17)/t9-,11+/m1/s1. The van der Waals surface area contributed by atoms with Crippen molar-refractivity contribution >= 4 is 17.5 Å². The van der Waals surface area contributed by atoms with Crippen LogP contribution in [-0.4, -0.2) is 26.2 Å². The molecule has 0 spiro atoms. The average Bonchev–Trinajstić information content (AvgIpc) is 3.02. The van der Waals surface area contributed by atoms with E-state index in [0.29, 0.717) is 28.8 Å². The first kappa shape index (κ1) is 13.3. The van der Waals surface area contributed by atoms with Crippen LogP contribution in [0.25, 0.3) is 0 Å². The van der Waals surface area contributed by atoms with Crippen molar-refractivity contribution in [3.8, 4) is 0 Å². The third kappa shape index (κ3) is 3.25. The maximum Gasteiger partial charge on any atom is 0.222 e. The minimum absolute atomic E-state index is 0.394. The summed E-state index contributed by atoms with van der Waals surface area (Å²) in [5.74, 6) is 2.56. The number of hydrogen-bond acceptors (Lipinski definition) is 6. The van der Waals surface area contributed by atoms with Crippen LogP contribution in [0.4, 0.5) is 5.95 Å². The largest absolute Gasteiger partial charge is 0.426 e. The third-order valence-electron chi connectivity index (χ3n) is 3.53. The summed E-state index contributed by atoms with van der Waals surface area (Å²) >= 11 is 5.77. The van der Waals surface area contributed by atoms with Gasteiger partial charge in [-0.1, -0.05) is 11.6 Å². The molecule has 3 rings (SSSR count). The number of aromatic nitrogens is 4. The molecular formula is C13H16ClN5O. The van der Waals surface area contributed by atoms with Gasteiger partial charge in [-0.25, -0.2) is 9.97 Å². The Hall–Kier alpha value is -1.69. The molecule has 2 heterocycles. The summed E-state index contributed by atoms with van der Waals surface area (Å²) in [4.78, 5) is 8.32. The number of rotatable bonds is 4. The van der Waals surface area contributed by atoms with Crippen LogP contribution >= 0.6 is 11.6 Å². The van der Waals surface area contributed by atoms with Gasteiger partial charge in [0.2, 0.25) is 17.7 Å². The Morgan fingerprint density at radius 3 is 2.80 bits per heavy atom. The summed E-state index contributed by atoms with van der Waals surface area (Å²) < 4.78 is 5.43. The van der Waals surface area contributed by atoms with E-state index in [-0.39, 0.29) is 0 Å². The molecule has 1 N–H and O–H groups in total. The maximum absolute atomic E-state index is 5.77. The topological polar surface area (TPSA) is 76.7 Å². The molecule has 20 heavy (non-hydrogen) atoms. The van der Waals surface area contributed by atoms with Gasteiger partial charge in [-0.2, -0.15) is 0 Å². The van der Waals surface area contributed by atoms with Gasteiger partial charge in [0.05, 0.1) is 17.4 Å². The Labute approximate surface area is 122 Å². The zero-order valence-electron chi connectivity index (χ0n) is 11.2. The minimum Gasteiger partial charge on any atom is -0.426 e. The summed E-state index contributed by atoms with van der Waals surface area (Å²) in [7, 11) is 0. The average molecular weight is 294 g/mol. The number of aryl methyl sites for hydroxylation is 1. The molecule has 2 aromatic heterocycles. The van der Waals surface area contributed by atoms with Crippen LogP contribution in [-0.2, 0) is 6.42 Å². The maximum atomic E-state index is 5.77. The van der Waals surface area contributed by atoms with E-state index >= 15 is 0 Å². The number of nitrogens with zero attached hydrogens (tertiary/aromatic N) is 4. The van der Waals surface area contributed by atoms with E-state index < -0.39 is 0 Å². The van der Waals surface area contributed by atoms with Crippen LogP contribution in [0.2, 0.25) is 5.02 Å². The Morgan fingerprint density at radius 2 is 2.10 bits per heavy atom. The van der Waals surface area contributed by atoms with Crippen molar-refractivity contribution in [1.29, 1.82) is 0 Å². The van der Waals surface area contributed by atoms with Crippen molar-refractivity contribution in [2.24, 2.45) is 5.92 Å². The predicted octanol–water partition coefficient (Wildman–Crippen LogP) is 2.64. The van der Waals surface area contributed by atoms with Gasteiger partial charge in [0.15, 0.2) is 0 Å². The van der Waals surface area contributed by atoms with Crippen LogP contribution < -0.4 is 5.32 Å². The first-order valence-electron chi connectivity index (χ1n) is 6.72. The molecule has 2 atom stereocenters. The highest BCUT2D eigenvalue weighted by molar-refractivity contribution is 6.30. The lowest BCUT2D eigenvalue weighted by molar-refractivity contribution is 0.416. The molecule has 0 radical (unpaired) electrons. The lowest BCUT2D eigenvalue weighted by atomic mass is 10.0. The van der Waals surface area contributed by atoms with Gasteiger partial charge < -0.3 is 9.73 Å². The lowest BCUT2D eigenvalue weighted by Gasteiger charge is -2.12. The third-order valence-corrected chi connectivity index (χ3v) is 3.72. The molecule has 0 bridgehead atoms. The van der Waals surface area contributed by atoms with E-state index in [4.69, 9.17) is 16.0 Å². The Morgan fingerprint density at radius 1 is 1.30 bits per heavy atom. The highest BCUT2D eigenvalue weighted by Gasteiger charge is 2.26. The summed E-state index contributed by atoms with van der Waals surface area (Å²) in [6.45, 7) is 1.81. The van der Waals surface area contributed by atoms with Gasteiger partial charge in [0, 0.05) is 19.4 Å². The molecule has 0 aliphatic heterocycles. The highest BCUT2D eigenvalue weighted by atomic mass is 35.5. The van der Waals surface area contributed by atoms with Crippen molar-refractivity contribution in [3.63, 3.8) is 0 Å². The van der Waals surface area contributed by atoms with Crippen molar-refractivity contribution in [3.05, 3.63) is 29.2 Å². The fourth-order valence-electron chi connectivity index (χ4n) is 2.63. The normalized spacial score (nSPS) is 22.1. The summed E-state index contributed by atoms with van der Waals surface area (Å²) in [6.07, 6.45) is 7.36. The van der Waals surface area contributed by atoms with Crippen LogP contribution in [0.5, 0.6) is 0 Å². The summed E-state index contributed by atoms with van der Waals surface area (Å²) in [5, 5.41) is 11.8. The zero-order valence-corrected chi connectivity index (χ0v) is 12.0. The van der Waals surface area contributed by atoms with E-state index in [1.54, 1.807) is 12.4 Å². The van der Waals surface area contributed by atoms with E-state index in [2.05, 4.69) is 25.5 Å². The van der Waals surface area contributed by atoms with Gasteiger partial charge in [-0.3, -0.25) is 0 Å². The first-order valence-corrected chi connectivity index (χ1v) is 7.10. The number of nitrogens with one attached hydrogen (secondary N) is 1. The second-order valence-corrected chi connectivity index (χ2v) is 5.60. The van der Waals surface area contributed by atoms with Crippen molar-refractivity contribution in [2.75, 3.05) is 5.32 Å². The molecular weight excluding hydrogens is 278 g/mol. The first-order chi connectivity index (χ1) is 9.69. The number of anilines is 1. The van der Waals surface area contributed by atoms with Crippen LogP contribution in [0, 0.1) is 12.8 Å². The van der Waals surface area contributed by atoms with Gasteiger partial charge in [0.25, 0.3) is 0 Å². The van der Waals surface area contributed by atoms with E-state index in [0.717, 1.165) is 31.6 Å². The van der Waals surface area contributed by atoms with E-state index in [1.807, 2.05) is 6.92 Å².